The van der Waals surface area contributed by atoms with E-state index in [1.165, 1.54) is 24.2 Å². The highest BCUT2D eigenvalue weighted by Gasteiger charge is 2.38. The molecule has 2 aliphatic rings. The zero-order valence-corrected chi connectivity index (χ0v) is 11.4. The number of likely N-dealkylation sites (tertiary alicyclic amines) is 1. The summed E-state index contributed by atoms with van der Waals surface area (Å²) in [4.78, 5) is 25.1. The van der Waals surface area contributed by atoms with Gasteiger partial charge in [0.2, 0.25) is 11.8 Å². The number of nitrogens with zero attached hydrogens (tertiary/aromatic N) is 1. The number of hydrogen-bond acceptors (Lipinski definition) is 3. The van der Waals surface area contributed by atoms with Crippen molar-refractivity contribution < 1.29 is 9.59 Å². The Labute approximate surface area is 109 Å². The Morgan fingerprint density at radius 3 is 2.72 bits per heavy atom. The SMILES string of the molecule is CCCN1C(=O)CC(NCC2CCC(C)C2)C1=O. The molecule has 4 heteroatoms. The summed E-state index contributed by atoms with van der Waals surface area (Å²) < 4.78 is 0. The van der Waals surface area contributed by atoms with E-state index in [1.807, 2.05) is 6.92 Å². The predicted octanol–water partition coefficient (Wildman–Crippen LogP) is 1.55. The van der Waals surface area contributed by atoms with Crippen LogP contribution in [0.1, 0.15) is 46.0 Å². The molecular weight excluding hydrogens is 228 g/mol. The first-order valence-electron chi connectivity index (χ1n) is 7.19. The van der Waals surface area contributed by atoms with Crippen LogP contribution < -0.4 is 5.32 Å². The molecule has 1 aliphatic carbocycles. The monoisotopic (exact) mass is 252 g/mol. The third kappa shape index (κ3) is 2.91. The van der Waals surface area contributed by atoms with Crippen molar-refractivity contribution in [3.05, 3.63) is 0 Å². The number of carbonyl (C=O) groups excluding carboxylic acids is 2. The van der Waals surface area contributed by atoms with Crippen molar-refractivity contribution in [3.8, 4) is 0 Å². The molecule has 0 bridgehead atoms. The lowest BCUT2D eigenvalue weighted by Crippen LogP contribution is -2.40. The Morgan fingerprint density at radius 1 is 1.33 bits per heavy atom. The van der Waals surface area contributed by atoms with E-state index in [9.17, 15) is 9.59 Å². The molecule has 3 atom stereocenters. The van der Waals surface area contributed by atoms with E-state index in [0.717, 1.165) is 18.9 Å². The highest BCUT2D eigenvalue weighted by atomic mass is 16.2. The van der Waals surface area contributed by atoms with Crippen LogP contribution >= 0.6 is 0 Å². The molecule has 4 nitrogen and oxygen atoms in total. The van der Waals surface area contributed by atoms with Gasteiger partial charge in [0.05, 0.1) is 12.5 Å². The quantitative estimate of drug-likeness (QED) is 0.755. The molecule has 0 radical (unpaired) electrons. The van der Waals surface area contributed by atoms with Gasteiger partial charge in [-0.1, -0.05) is 20.3 Å². The molecule has 1 saturated carbocycles. The molecule has 1 aliphatic heterocycles. The summed E-state index contributed by atoms with van der Waals surface area (Å²) in [6.45, 7) is 5.72. The van der Waals surface area contributed by atoms with Gasteiger partial charge in [0, 0.05) is 6.54 Å². The molecule has 1 N–H and O–H groups in total. The van der Waals surface area contributed by atoms with E-state index in [0.29, 0.717) is 18.9 Å². The summed E-state index contributed by atoms with van der Waals surface area (Å²) in [5.74, 6) is 1.46. The number of amides is 2. The van der Waals surface area contributed by atoms with Gasteiger partial charge in [-0.25, -0.2) is 0 Å². The van der Waals surface area contributed by atoms with Crippen molar-refractivity contribution in [2.75, 3.05) is 13.1 Å². The molecule has 1 heterocycles. The fourth-order valence-electron chi connectivity index (χ4n) is 3.12. The zero-order valence-electron chi connectivity index (χ0n) is 11.4. The van der Waals surface area contributed by atoms with Gasteiger partial charge in [0.25, 0.3) is 0 Å². The molecule has 2 fully saturated rings. The summed E-state index contributed by atoms with van der Waals surface area (Å²) in [6, 6.07) is -0.264. The first kappa shape index (κ1) is 13.5. The van der Waals surface area contributed by atoms with E-state index in [4.69, 9.17) is 0 Å². The van der Waals surface area contributed by atoms with Crippen molar-refractivity contribution in [1.82, 2.24) is 10.2 Å². The zero-order chi connectivity index (χ0) is 13.1. The Morgan fingerprint density at radius 2 is 2.11 bits per heavy atom. The second kappa shape index (κ2) is 5.83. The third-order valence-electron chi connectivity index (χ3n) is 4.15. The molecule has 102 valence electrons. The van der Waals surface area contributed by atoms with Crippen LogP contribution in [0.3, 0.4) is 0 Å². The molecule has 1 saturated heterocycles. The highest BCUT2D eigenvalue weighted by Crippen LogP contribution is 2.29. The van der Waals surface area contributed by atoms with Crippen LogP contribution in [0, 0.1) is 11.8 Å². The van der Waals surface area contributed by atoms with Gasteiger partial charge in [0.1, 0.15) is 0 Å². The normalized spacial score (nSPS) is 32.6. The largest absolute Gasteiger partial charge is 0.305 e. The van der Waals surface area contributed by atoms with Crippen molar-refractivity contribution >= 4 is 11.8 Å². The van der Waals surface area contributed by atoms with Gasteiger partial charge in [-0.3, -0.25) is 14.5 Å². The van der Waals surface area contributed by atoms with E-state index in [1.54, 1.807) is 0 Å². The minimum Gasteiger partial charge on any atom is -0.305 e. The third-order valence-corrected chi connectivity index (χ3v) is 4.15. The topological polar surface area (TPSA) is 49.4 Å². The Bertz CT molecular complexity index is 330. The van der Waals surface area contributed by atoms with E-state index in [-0.39, 0.29) is 17.9 Å². The van der Waals surface area contributed by atoms with Gasteiger partial charge in [0.15, 0.2) is 0 Å². The molecule has 3 unspecified atom stereocenters. The van der Waals surface area contributed by atoms with E-state index < -0.39 is 0 Å². The van der Waals surface area contributed by atoms with Crippen LogP contribution in [0.2, 0.25) is 0 Å². The summed E-state index contributed by atoms with van der Waals surface area (Å²) in [5.41, 5.74) is 0. The molecule has 18 heavy (non-hydrogen) atoms. The Kier molecular flexibility index (Phi) is 4.38. The van der Waals surface area contributed by atoms with Crippen molar-refractivity contribution in [1.29, 1.82) is 0 Å². The van der Waals surface area contributed by atoms with Crippen LogP contribution in [-0.4, -0.2) is 35.8 Å². The number of rotatable bonds is 5. The molecule has 0 spiro atoms. The second-order valence-electron chi connectivity index (χ2n) is 5.83. The molecule has 2 rings (SSSR count). The summed E-state index contributed by atoms with van der Waals surface area (Å²) in [7, 11) is 0. The highest BCUT2D eigenvalue weighted by molar-refractivity contribution is 6.05. The van der Waals surface area contributed by atoms with Crippen LogP contribution in [0.5, 0.6) is 0 Å². The number of hydrogen-bond donors (Lipinski definition) is 1. The number of nitrogens with one attached hydrogen (secondary N) is 1. The lowest BCUT2D eigenvalue weighted by molar-refractivity contribution is -0.138. The van der Waals surface area contributed by atoms with Gasteiger partial charge >= 0.3 is 0 Å². The minimum absolute atomic E-state index is 0.0147. The lowest BCUT2D eigenvalue weighted by atomic mass is 10.1. The van der Waals surface area contributed by atoms with Crippen LogP contribution in [0.25, 0.3) is 0 Å². The molecular formula is C14H24N2O2. The Balaban J connectivity index is 1.80. The number of carbonyl (C=O) groups is 2. The fourth-order valence-corrected chi connectivity index (χ4v) is 3.12. The first-order chi connectivity index (χ1) is 8.61. The van der Waals surface area contributed by atoms with Crippen LogP contribution in [-0.2, 0) is 9.59 Å². The lowest BCUT2D eigenvalue weighted by Gasteiger charge is -2.16. The van der Waals surface area contributed by atoms with Gasteiger partial charge in [-0.15, -0.1) is 0 Å². The van der Waals surface area contributed by atoms with Gasteiger partial charge < -0.3 is 5.32 Å². The number of imide groups is 1. The van der Waals surface area contributed by atoms with E-state index in [2.05, 4.69) is 12.2 Å². The molecule has 2 amide bonds. The fraction of sp³-hybridized carbons (Fsp3) is 0.857. The predicted molar refractivity (Wildman–Crippen MR) is 69.9 cm³/mol. The van der Waals surface area contributed by atoms with Crippen LogP contribution in [0.4, 0.5) is 0 Å². The Hall–Kier alpha value is -0.900. The minimum atomic E-state index is -0.264. The summed E-state index contributed by atoms with van der Waals surface area (Å²) >= 11 is 0. The van der Waals surface area contributed by atoms with Crippen molar-refractivity contribution in [3.63, 3.8) is 0 Å². The molecule has 0 aromatic heterocycles. The smallest absolute Gasteiger partial charge is 0.246 e. The van der Waals surface area contributed by atoms with E-state index >= 15 is 0 Å². The van der Waals surface area contributed by atoms with Crippen molar-refractivity contribution in [2.24, 2.45) is 11.8 Å². The average molecular weight is 252 g/mol. The standard InChI is InChI=1S/C14H24N2O2/c1-3-6-16-13(17)8-12(14(16)18)15-9-11-5-4-10(2)7-11/h10-12,15H,3-9H2,1-2H3. The van der Waals surface area contributed by atoms with Crippen LogP contribution in [0.15, 0.2) is 0 Å². The average Bonchev–Trinajstić information content (AvgIpc) is 2.86. The first-order valence-corrected chi connectivity index (χ1v) is 7.19. The molecule has 0 aromatic rings. The molecule has 0 aromatic carbocycles. The summed E-state index contributed by atoms with van der Waals surface area (Å²) in [6.07, 6.45) is 4.99. The second-order valence-corrected chi connectivity index (χ2v) is 5.83. The maximum absolute atomic E-state index is 12.0. The van der Waals surface area contributed by atoms with Crippen molar-refractivity contribution in [2.45, 2.75) is 52.0 Å². The van der Waals surface area contributed by atoms with Gasteiger partial charge in [-0.05, 0) is 37.6 Å². The maximum atomic E-state index is 12.0. The maximum Gasteiger partial charge on any atom is 0.246 e. The van der Waals surface area contributed by atoms with Gasteiger partial charge in [-0.2, -0.15) is 0 Å². The summed E-state index contributed by atoms with van der Waals surface area (Å²) in [5, 5.41) is 3.30.